The number of methoxy groups -OCH3 is 1. The number of aryl methyl sites for hydroxylation is 1. The average Bonchev–Trinajstić information content (AvgIpc) is 2.91. The molecule has 1 N–H and O–H groups in total. The molecule has 1 atom stereocenters. The van der Waals surface area contributed by atoms with Crippen LogP contribution in [0.5, 0.6) is 0 Å². The molecule has 0 spiro atoms. The van der Waals surface area contributed by atoms with E-state index in [9.17, 15) is 9.59 Å². The smallest absolute Gasteiger partial charge is 0.344 e. The van der Waals surface area contributed by atoms with Gasteiger partial charge in [0.2, 0.25) is 4.87 Å². The molecule has 0 radical (unpaired) electrons. The summed E-state index contributed by atoms with van der Waals surface area (Å²) in [6, 6.07) is 7.86. The maximum absolute atomic E-state index is 12.4. The van der Waals surface area contributed by atoms with Crippen molar-refractivity contribution in [1.82, 2.24) is 5.43 Å². The van der Waals surface area contributed by atoms with Crippen LogP contribution in [-0.4, -0.2) is 28.8 Å². The van der Waals surface area contributed by atoms with Crippen molar-refractivity contribution in [3.63, 3.8) is 0 Å². The highest BCUT2D eigenvalue weighted by Gasteiger charge is 2.48. The van der Waals surface area contributed by atoms with Crippen molar-refractivity contribution in [3.8, 4) is 0 Å². The SMILES string of the molecule is COC(=O)[C@]1(CC(=O)C(C)(C)C)NN=C(c2ccc(C)cc2)S1. The molecule has 1 aromatic carbocycles. The molecule has 1 aromatic rings. The molecule has 1 aliphatic heterocycles. The van der Waals surface area contributed by atoms with Crippen molar-refractivity contribution in [1.29, 1.82) is 0 Å². The molecule has 6 heteroatoms. The van der Waals surface area contributed by atoms with E-state index in [4.69, 9.17) is 4.74 Å². The minimum absolute atomic E-state index is 0.0205. The standard InChI is InChI=1S/C17H22N2O3S/c1-11-6-8-12(9-7-11)14-18-19-17(23-14,15(21)22-5)10-13(20)16(2,3)4/h6-9,19H,10H2,1-5H3/t17-/m1/s1. The molecule has 0 bridgehead atoms. The lowest BCUT2D eigenvalue weighted by Gasteiger charge is -2.27. The summed E-state index contributed by atoms with van der Waals surface area (Å²) in [5.74, 6) is -0.519. The van der Waals surface area contributed by atoms with E-state index >= 15 is 0 Å². The fourth-order valence-electron chi connectivity index (χ4n) is 2.06. The van der Waals surface area contributed by atoms with Gasteiger partial charge in [-0.15, -0.1) is 0 Å². The first-order valence-electron chi connectivity index (χ1n) is 7.40. The number of thioether (sulfide) groups is 1. The van der Waals surface area contributed by atoms with E-state index in [0.717, 1.165) is 11.1 Å². The van der Waals surface area contributed by atoms with E-state index in [-0.39, 0.29) is 12.2 Å². The lowest BCUT2D eigenvalue weighted by molar-refractivity contribution is -0.146. The van der Waals surface area contributed by atoms with Gasteiger partial charge in [-0.25, -0.2) is 4.79 Å². The minimum Gasteiger partial charge on any atom is -0.467 e. The Morgan fingerprint density at radius 1 is 1.26 bits per heavy atom. The van der Waals surface area contributed by atoms with Crippen LogP contribution in [0.1, 0.15) is 38.3 Å². The van der Waals surface area contributed by atoms with Crippen LogP contribution in [-0.2, 0) is 14.3 Å². The number of rotatable bonds is 4. The number of nitrogens with zero attached hydrogens (tertiary/aromatic N) is 1. The van der Waals surface area contributed by atoms with Gasteiger partial charge in [0.05, 0.1) is 13.5 Å². The van der Waals surface area contributed by atoms with Crippen molar-refractivity contribution < 1.29 is 14.3 Å². The van der Waals surface area contributed by atoms with Crippen LogP contribution in [0.3, 0.4) is 0 Å². The fourth-order valence-corrected chi connectivity index (χ4v) is 3.20. The number of hydrogen-bond donors (Lipinski definition) is 1. The third-order valence-electron chi connectivity index (χ3n) is 3.67. The van der Waals surface area contributed by atoms with Crippen LogP contribution in [0.4, 0.5) is 0 Å². The first kappa shape index (κ1) is 17.5. The van der Waals surface area contributed by atoms with Gasteiger partial charge in [0, 0.05) is 11.0 Å². The summed E-state index contributed by atoms with van der Waals surface area (Å²) >= 11 is 1.24. The van der Waals surface area contributed by atoms with Gasteiger partial charge < -0.3 is 4.74 Å². The average molecular weight is 334 g/mol. The Morgan fingerprint density at radius 2 is 1.87 bits per heavy atom. The Labute approximate surface area is 140 Å². The number of ketones is 1. The maximum Gasteiger partial charge on any atom is 0.344 e. The number of hydrogen-bond acceptors (Lipinski definition) is 6. The number of ether oxygens (including phenoxy) is 1. The first-order chi connectivity index (χ1) is 10.7. The largest absolute Gasteiger partial charge is 0.467 e. The molecule has 0 fully saturated rings. The second kappa shape index (κ2) is 6.35. The maximum atomic E-state index is 12.4. The quantitative estimate of drug-likeness (QED) is 0.858. The summed E-state index contributed by atoms with van der Waals surface area (Å²) in [6.07, 6.45) is 0.0205. The van der Waals surface area contributed by atoms with Gasteiger partial charge in [0.1, 0.15) is 10.8 Å². The molecule has 0 saturated carbocycles. The van der Waals surface area contributed by atoms with Crippen molar-refractivity contribution in [3.05, 3.63) is 35.4 Å². The Kier molecular flexibility index (Phi) is 4.84. The molecule has 0 amide bonds. The molecule has 0 aromatic heterocycles. The topological polar surface area (TPSA) is 67.8 Å². The third-order valence-corrected chi connectivity index (χ3v) is 4.94. The van der Waals surface area contributed by atoms with E-state index in [1.807, 2.05) is 52.0 Å². The Morgan fingerprint density at radius 3 is 2.39 bits per heavy atom. The zero-order chi connectivity index (χ0) is 17.3. The zero-order valence-corrected chi connectivity index (χ0v) is 14.9. The van der Waals surface area contributed by atoms with Crippen LogP contribution >= 0.6 is 11.8 Å². The van der Waals surface area contributed by atoms with E-state index in [1.165, 1.54) is 18.9 Å². The number of esters is 1. The van der Waals surface area contributed by atoms with Crippen LogP contribution < -0.4 is 5.43 Å². The predicted molar refractivity (Wildman–Crippen MR) is 92.3 cm³/mol. The van der Waals surface area contributed by atoms with Crippen molar-refractivity contribution >= 4 is 28.6 Å². The Hall–Kier alpha value is -1.82. The van der Waals surface area contributed by atoms with Crippen LogP contribution in [0.25, 0.3) is 0 Å². The van der Waals surface area contributed by atoms with Gasteiger partial charge in [-0.3, -0.25) is 10.2 Å². The molecule has 0 unspecified atom stereocenters. The first-order valence-corrected chi connectivity index (χ1v) is 8.22. The molecule has 0 saturated heterocycles. The summed E-state index contributed by atoms with van der Waals surface area (Å²) in [7, 11) is 1.32. The van der Waals surface area contributed by atoms with E-state index in [2.05, 4.69) is 10.5 Å². The minimum atomic E-state index is -1.20. The summed E-state index contributed by atoms with van der Waals surface area (Å²) in [6.45, 7) is 7.51. The third kappa shape index (κ3) is 3.75. The van der Waals surface area contributed by atoms with Gasteiger partial charge in [-0.2, -0.15) is 5.10 Å². The highest BCUT2D eigenvalue weighted by Crippen LogP contribution is 2.38. The summed E-state index contributed by atoms with van der Waals surface area (Å²) in [4.78, 5) is 23.5. The summed E-state index contributed by atoms with van der Waals surface area (Å²) in [5, 5.41) is 4.95. The molecule has 124 valence electrons. The van der Waals surface area contributed by atoms with E-state index in [0.29, 0.717) is 5.04 Å². The van der Waals surface area contributed by atoms with Gasteiger partial charge in [-0.05, 0) is 6.92 Å². The molecule has 1 heterocycles. The lowest BCUT2D eigenvalue weighted by Crippen LogP contribution is -2.48. The highest BCUT2D eigenvalue weighted by atomic mass is 32.2. The highest BCUT2D eigenvalue weighted by molar-refractivity contribution is 8.16. The van der Waals surface area contributed by atoms with Crippen molar-refractivity contribution in [2.24, 2.45) is 10.5 Å². The monoisotopic (exact) mass is 334 g/mol. The van der Waals surface area contributed by atoms with Crippen LogP contribution in [0.2, 0.25) is 0 Å². The van der Waals surface area contributed by atoms with Gasteiger partial charge >= 0.3 is 5.97 Å². The van der Waals surface area contributed by atoms with Crippen LogP contribution in [0, 0.1) is 12.3 Å². The van der Waals surface area contributed by atoms with Gasteiger partial charge in [0.15, 0.2) is 0 Å². The summed E-state index contributed by atoms with van der Waals surface area (Å²) < 4.78 is 4.91. The number of nitrogens with one attached hydrogen (secondary N) is 1. The molecular formula is C17H22N2O3S. The number of Topliss-reactive ketones (excluding diaryl/α,β-unsaturated/α-hetero) is 1. The second-order valence-electron chi connectivity index (χ2n) is 6.67. The molecule has 23 heavy (non-hydrogen) atoms. The number of carbonyl (C=O) groups is 2. The fraction of sp³-hybridized carbons (Fsp3) is 0.471. The molecule has 5 nitrogen and oxygen atoms in total. The Balaban J connectivity index is 2.25. The van der Waals surface area contributed by atoms with Gasteiger partial charge in [-0.1, -0.05) is 62.4 Å². The van der Waals surface area contributed by atoms with Crippen molar-refractivity contribution in [2.45, 2.75) is 39.0 Å². The lowest BCUT2D eigenvalue weighted by atomic mass is 9.87. The molecule has 0 aliphatic carbocycles. The Bertz CT molecular complexity index is 647. The zero-order valence-electron chi connectivity index (χ0n) is 14.1. The van der Waals surface area contributed by atoms with E-state index in [1.54, 1.807) is 0 Å². The normalized spacial score (nSPS) is 20.7. The summed E-state index contributed by atoms with van der Waals surface area (Å²) in [5.41, 5.74) is 4.36. The van der Waals surface area contributed by atoms with Gasteiger partial charge in [0.25, 0.3) is 0 Å². The van der Waals surface area contributed by atoms with Crippen molar-refractivity contribution in [2.75, 3.05) is 7.11 Å². The number of benzene rings is 1. The second-order valence-corrected chi connectivity index (χ2v) is 7.95. The number of hydrazone groups is 1. The molecular weight excluding hydrogens is 312 g/mol. The van der Waals surface area contributed by atoms with Crippen LogP contribution in [0.15, 0.2) is 29.4 Å². The molecule has 1 aliphatic rings. The van der Waals surface area contributed by atoms with E-state index < -0.39 is 16.3 Å². The predicted octanol–water partition coefficient (Wildman–Crippen LogP) is 2.87. The molecule has 2 rings (SSSR count). The number of carbonyl (C=O) groups excluding carboxylic acids is 2.